The van der Waals surface area contributed by atoms with Crippen molar-refractivity contribution in [3.63, 3.8) is 0 Å². The number of aliphatic carboxylic acids is 1. The first-order valence-corrected chi connectivity index (χ1v) is 21.1. The summed E-state index contributed by atoms with van der Waals surface area (Å²) in [5.74, 6) is -1.32. The summed E-state index contributed by atoms with van der Waals surface area (Å²) in [5.41, 5.74) is 21.4. The minimum absolute atomic E-state index is 0. The summed E-state index contributed by atoms with van der Waals surface area (Å²) in [6.07, 6.45) is 9.60. The van der Waals surface area contributed by atoms with E-state index in [1.54, 1.807) is 0 Å². The Kier molecular flexibility index (Phi) is 11.7. The van der Waals surface area contributed by atoms with Gasteiger partial charge in [0.15, 0.2) is 0 Å². The average molecular weight is 885 g/mol. The molecular formula is C56H45N5O2Zn. The van der Waals surface area contributed by atoms with Crippen LogP contribution in [-0.2, 0) is 24.3 Å². The number of nitrogens with zero attached hydrogens (tertiary/aromatic N) is 5. The van der Waals surface area contributed by atoms with Crippen molar-refractivity contribution in [2.75, 3.05) is 0 Å². The fourth-order valence-electron chi connectivity index (χ4n) is 9.46. The number of aromatic nitrogens is 4. The number of benzene rings is 4. The van der Waals surface area contributed by atoms with Crippen molar-refractivity contribution in [1.29, 1.82) is 5.26 Å². The van der Waals surface area contributed by atoms with Crippen LogP contribution in [0.2, 0.25) is 0 Å². The van der Waals surface area contributed by atoms with Crippen LogP contribution in [0.15, 0.2) is 96.6 Å². The molecule has 1 N–H and O–H groups in total. The molecule has 7 aromatic rings. The van der Waals surface area contributed by atoms with Crippen molar-refractivity contribution >= 4 is 58.4 Å². The molecule has 0 aliphatic carbocycles. The zero-order valence-corrected chi connectivity index (χ0v) is 40.3. The van der Waals surface area contributed by atoms with Crippen LogP contribution in [0.25, 0.3) is 97.0 Å². The van der Waals surface area contributed by atoms with E-state index < -0.39 is 11.5 Å². The van der Waals surface area contributed by atoms with Crippen LogP contribution in [0.4, 0.5) is 0 Å². The molecule has 0 spiro atoms. The minimum Gasteiger partial charge on any atom is -0.657 e. The van der Waals surface area contributed by atoms with Crippen molar-refractivity contribution in [1.82, 2.24) is 19.9 Å². The van der Waals surface area contributed by atoms with Gasteiger partial charge in [0.2, 0.25) is 0 Å². The number of carboxylic acid groups (broad SMARTS) is 1. The summed E-state index contributed by atoms with van der Waals surface area (Å²) in [6.45, 7) is 16.8. The van der Waals surface area contributed by atoms with E-state index in [-0.39, 0.29) is 19.5 Å². The van der Waals surface area contributed by atoms with Crippen LogP contribution in [0.1, 0.15) is 72.8 Å². The van der Waals surface area contributed by atoms with Crippen LogP contribution >= 0.6 is 0 Å². The molecule has 8 bridgehead atoms. The Bertz CT molecular complexity index is 3350. The molecule has 0 radical (unpaired) electrons. The Balaban J connectivity index is 0.00000560. The third kappa shape index (κ3) is 7.46. The third-order valence-electron chi connectivity index (χ3n) is 12.3. The first-order chi connectivity index (χ1) is 30.3. The molecule has 308 valence electrons. The van der Waals surface area contributed by atoms with Crippen molar-refractivity contribution in [2.45, 2.75) is 55.4 Å². The quantitative estimate of drug-likeness (QED) is 0.100. The normalized spacial score (nSPS) is 12.0. The maximum atomic E-state index is 12.6. The van der Waals surface area contributed by atoms with Crippen LogP contribution in [0.3, 0.4) is 0 Å². The standard InChI is InChI=1S/C56H46N5O2.Zn/c1-30-13-9-14-31(2)47(30)51-40-21-22-41(58-40)52(48-32(3)15-10-16-33(48)4)43-25-26-45(60-43)54(50-36(7)19-12-20-37(50)8)55-38(27-39(29-57)56(62)63)28-46(61-55)53(44-24-23-42(51)59-44)49-34(5)17-11-18-35(49)6;/h9-28H,1-8H3,(H2-,58,59,60,61,62,63);/q-1;+2/p-1/b39-27+,51-40?,51-42?,52-41?,52-43?,53-44?,53-46?,54-45?,55-54?;. The second-order valence-electron chi connectivity index (χ2n) is 16.6. The molecule has 2 aliphatic heterocycles. The van der Waals surface area contributed by atoms with Gasteiger partial charge in [-0.1, -0.05) is 91.0 Å². The van der Waals surface area contributed by atoms with Crippen molar-refractivity contribution in [3.8, 4) is 50.6 Å². The smallest absolute Gasteiger partial charge is 0.657 e. The van der Waals surface area contributed by atoms with Gasteiger partial charge in [-0.25, -0.2) is 14.8 Å². The van der Waals surface area contributed by atoms with Crippen LogP contribution in [0.5, 0.6) is 0 Å². The summed E-state index contributed by atoms with van der Waals surface area (Å²) in [7, 11) is 0. The molecule has 3 aromatic heterocycles. The van der Waals surface area contributed by atoms with Gasteiger partial charge in [0.25, 0.3) is 0 Å². The molecule has 4 aromatic carbocycles. The molecule has 0 saturated carbocycles. The first-order valence-electron chi connectivity index (χ1n) is 21.1. The zero-order chi connectivity index (χ0) is 44.3. The Labute approximate surface area is 386 Å². The molecule has 0 saturated heterocycles. The Hall–Kier alpha value is -7.20. The number of carbonyl (C=O) groups is 1. The first kappa shape index (κ1) is 43.5. The molecule has 8 heteroatoms. The van der Waals surface area contributed by atoms with Gasteiger partial charge >= 0.3 is 25.4 Å². The van der Waals surface area contributed by atoms with E-state index in [9.17, 15) is 15.2 Å². The SMILES string of the molecule is Cc1cccc(C)c1-c1c2nc(c(-c3c(C)cccc3C)c3cc(/C=C(\C#N)C(=O)O)c([n-]3)c(-c3c(C)cccc3C)c3nc(c(-c4c(C)cccc4C)c4ccc1[n-]4)C=C3)C=C2.[Zn+2]. The van der Waals surface area contributed by atoms with Gasteiger partial charge in [0.05, 0.1) is 22.8 Å². The van der Waals surface area contributed by atoms with E-state index in [2.05, 4.69) is 134 Å². The number of fused-ring (bicyclic) bond motifs is 8. The van der Waals surface area contributed by atoms with Gasteiger partial charge in [-0.15, -0.1) is 22.1 Å². The Morgan fingerprint density at radius 1 is 0.500 bits per heavy atom. The third-order valence-corrected chi connectivity index (χ3v) is 12.3. The van der Waals surface area contributed by atoms with Gasteiger partial charge < -0.3 is 15.1 Å². The second kappa shape index (κ2) is 17.2. The molecule has 0 amide bonds. The zero-order valence-electron chi connectivity index (χ0n) is 37.3. The van der Waals surface area contributed by atoms with Crippen LogP contribution in [-0.4, -0.2) is 21.0 Å². The van der Waals surface area contributed by atoms with Gasteiger partial charge in [0, 0.05) is 0 Å². The van der Waals surface area contributed by atoms with Gasteiger partial charge in [-0.2, -0.15) is 5.26 Å². The fourth-order valence-corrected chi connectivity index (χ4v) is 9.46. The number of aryl methyl sites for hydroxylation is 8. The topological polar surface area (TPSA) is 115 Å². The van der Waals surface area contributed by atoms with Crippen molar-refractivity contribution in [3.05, 3.63) is 169 Å². The Morgan fingerprint density at radius 2 is 0.828 bits per heavy atom. The number of nitriles is 1. The van der Waals surface area contributed by atoms with E-state index in [1.807, 2.05) is 42.5 Å². The Morgan fingerprint density at radius 3 is 1.17 bits per heavy atom. The molecule has 0 atom stereocenters. The molecule has 7 nitrogen and oxygen atoms in total. The molecule has 0 fully saturated rings. The molecular weight excluding hydrogens is 840 g/mol. The molecule has 2 aliphatic rings. The van der Waals surface area contributed by atoms with Crippen LogP contribution < -0.4 is 9.97 Å². The number of carboxylic acids is 1. The van der Waals surface area contributed by atoms with Gasteiger partial charge in [-0.05, 0) is 180 Å². The summed E-state index contributed by atoms with van der Waals surface area (Å²) in [6, 6.07) is 33.0. The van der Waals surface area contributed by atoms with E-state index in [0.29, 0.717) is 28.0 Å². The van der Waals surface area contributed by atoms with E-state index >= 15 is 0 Å². The predicted octanol–water partition coefficient (Wildman–Crippen LogP) is 13.0. The molecule has 5 heterocycles. The number of rotatable bonds is 6. The molecule has 9 rings (SSSR count). The summed E-state index contributed by atoms with van der Waals surface area (Å²) in [4.78, 5) is 34.6. The van der Waals surface area contributed by atoms with E-state index in [0.717, 1.165) is 111 Å². The van der Waals surface area contributed by atoms with E-state index in [1.165, 1.54) is 6.08 Å². The van der Waals surface area contributed by atoms with Crippen LogP contribution in [0, 0.1) is 66.7 Å². The van der Waals surface area contributed by atoms with E-state index in [4.69, 9.17) is 19.9 Å². The van der Waals surface area contributed by atoms with Gasteiger partial charge in [0.1, 0.15) is 11.6 Å². The monoisotopic (exact) mass is 883 g/mol. The number of hydrogen-bond donors (Lipinski definition) is 1. The second-order valence-corrected chi connectivity index (χ2v) is 16.6. The minimum atomic E-state index is -1.32. The summed E-state index contributed by atoms with van der Waals surface area (Å²) >= 11 is 0. The van der Waals surface area contributed by atoms with Gasteiger partial charge in [-0.3, -0.25) is 0 Å². The maximum absolute atomic E-state index is 12.6. The maximum Gasteiger partial charge on any atom is 2.00 e. The van der Waals surface area contributed by atoms with Crippen molar-refractivity contribution < 1.29 is 29.4 Å². The summed E-state index contributed by atoms with van der Waals surface area (Å²) in [5, 5.41) is 20.4. The number of hydrogen-bond acceptors (Lipinski definition) is 4. The average Bonchev–Trinajstić information content (AvgIpc) is 4.08. The molecule has 0 unspecified atom stereocenters. The molecule has 64 heavy (non-hydrogen) atoms. The van der Waals surface area contributed by atoms with Crippen molar-refractivity contribution in [2.24, 2.45) is 0 Å². The largest absolute Gasteiger partial charge is 2.00 e. The predicted molar refractivity (Wildman–Crippen MR) is 258 cm³/mol. The summed E-state index contributed by atoms with van der Waals surface area (Å²) < 4.78 is 0. The fraction of sp³-hybridized carbons (Fsp3) is 0.143.